The van der Waals surface area contributed by atoms with E-state index in [0.717, 1.165) is 19.3 Å². The summed E-state index contributed by atoms with van der Waals surface area (Å²) < 4.78 is 27.0. The molecule has 0 saturated carbocycles. The third kappa shape index (κ3) is 4.13. The van der Waals surface area contributed by atoms with Gasteiger partial charge in [-0.3, -0.25) is 4.79 Å². The smallest absolute Gasteiger partial charge is 0.241 e. The third-order valence-electron chi connectivity index (χ3n) is 3.57. The molecule has 0 bridgehead atoms. The number of carbonyl (C=O) groups excluding carboxylic acids is 1. The number of hydrogen-bond donors (Lipinski definition) is 1. The van der Waals surface area contributed by atoms with Gasteiger partial charge in [0.25, 0.3) is 0 Å². The Kier molecular flexibility index (Phi) is 5.71. The van der Waals surface area contributed by atoms with Crippen LogP contribution in [0.15, 0.2) is 23.1 Å². The molecule has 5 nitrogen and oxygen atoms in total. The molecule has 1 aromatic carbocycles. The van der Waals surface area contributed by atoms with E-state index in [1.54, 1.807) is 11.8 Å². The average Bonchev–Trinajstić information content (AvgIpc) is 2.49. The lowest BCUT2D eigenvalue weighted by molar-refractivity contribution is -0.133. The molecule has 0 radical (unpaired) electrons. The topological polar surface area (TPSA) is 66.5 Å². The van der Waals surface area contributed by atoms with Crippen LogP contribution in [-0.4, -0.2) is 38.4 Å². The fourth-order valence-electron chi connectivity index (χ4n) is 2.38. The second-order valence-corrected chi connectivity index (χ2v) is 7.83. The van der Waals surface area contributed by atoms with Crippen molar-refractivity contribution >= 4 is 39.1 Å². The van der Waals surface area contributed by atoms with Crippen molar-refractivity contribution in [2.24, 2.45) is 0 Å². The Morgan fingerprint density at radius 2 is 1.82 bits per heavy atom. The summed E-state index contributed by atoms with van der Waals surface area (Å²) in [7, 11) is -3.82. The molecule has 1 aliphatic heterocycles. The second-order valence-electron chi connectivity index (χ2n) is 5.30. The average molecular weight is 365 g/mol. The first kappa shape index (κ1) is 17.5. The molecular formula is C14H18Cl2N2O3S. The Morgan fingerprint density at radius 1 is 1.18 bits per heavy atom. The van der Waals surface area contributed by atoms with Gasteiger partial charge >= 0.3 is 0 Å². The molecule has 122 valence electrons. The maximum Gasteiger partial charge on any atom is 0.241 e. The minimum atomic E-state index is -3.82. The fraction of sp³-hybridized carbons (Fsp3) is 0.500. The highest BCUT2D eigenvalue weighted by Crippen LogP contribution is 2.25. The highest BCUT2D eigenvalue weighted by Gasteiger charge is 2.26. The Labute approximate surface area is 140 Å². The van der Waals surface area contributed by atoms with Crippen LogP contribution in [0, 0.1) is 0 Å². The van der Waals surface area contributed by atoms with Gasteiger partial charge in [0.15, 0.2) is 0 Å². The van der Waals surface area contributed by atoms with E-state index in [-0.39, 0.29) is 20.8 Å². The van der Waals surface area contributed by atoms with Gasteiger partial charge in [-0.05, 0) is 44.4 Å². The minimum Gasteiger partial charge on any atom is -0.341 e. The van der Waals surface area contributed by atoms with Gasteiger partial charge in [0.05, 0.1) is 21.0 Å². The first-order valence-corrected chi connectivity index (χ1v) is 9.31. The zero-order chi connectivity index (χ0) is 16.3. The predicted molar refractivity (Wildman–Crippen MR) is 86.7 cm³/mol. The van der Waals surface area contributed by atoms with E-state index in [9.17, 15) is 13.2 Å². The third-order valence-corrected chi connectivity index (χ3v) is 5.85. The molecule has 1 heterocycles. The van der Waals surface area contributed by atoms with Crippen LogP contribution < -0.4 is 4.72 Å². The van der Waals surface area contributed by atoms with Crippen molar-refractivity contribution in [2.75, 3.05) is 13.1 Å². The minimum absolute atomic E-state index is 0.0137. The van der Waals surface area contributed by atoms with Gasteiger partial charge in [-0.25, -0.2) is 8.42 Å². The van der Waals surface area contributed by atoms with Crippen molar-refractivity contribution in [3.63, 3.8) is 0 Å². The van der Waals surface area contributed by atoms with Gasteiger partial charge in [-0.1, -0.05) is 23.2 Å². The summed E-state index contributed by atoms with van der Waals surface area (Å²) in [6.45, 7) is 2.90. The molecule has 1 amide bonds. The number of carbonyl (C=O) groups is 1. The molecule has 1 aliphatic rings. The van der Waals surface area contributed by atoms with Gasteiger partial charge < -0.3 is 4.90 Å². The first-order valence-electron chi connectivity index (χ1n) is 7.07. The Balaban J connectivity index is 2.10. The van der Waals surface area contributed by atoms with Crippen molar-refractivity contribution in [1.29, 1.82) is 0 Å². The van der Waals surface area contributed by atoms with E-state index in [1.807, 2.05) is 0 Å². The van der Waals surface area contributed by atoms with Gasteiger partial charge in [0, 0.05) is 13.1 Å². The van der Waals surface area contributed by atoms with Crippen molar-refractivity contribution in [3.8, 4) is 0 Å². The molecule has 0 aromatic heterocycles. The lowest BCUT2D eigenvalue weighted by Gasteiger charge is -2.29. The molecule has 1 saturated heterocycles. The van der Waals surface area contributed by atoms with Crippen LogP contribution in [-0.2, 0) is 14.8 Å². The van der Waals surface area contributed by atoms with Gasteiger partial charge in [-0.15, -0.1) is 0 Å². The van der Waals surface area contributed by atoms with Crippen molar-refractivity contribution in [1.82, 2.24) is 9.62 Å². The van der Waals surface area contributed by atoms with Crippen LogP contribution >= 0.6 is 23.2 Å². The normalized spacial score (nSPS) is 17.3. The molecule has 1 atom stereocenters. The molecule has 0 aliphatic carbocycles. The number of nitrogens with one attached hydrogen (secondary N) is 1. The van der Waals surface area contributed by atoms with E-state index in [0.29, 0.717) is 13.1 Å². The highest BCUT2D eigenvalue weighted by molar-refractivity contribution is 7.89. The monoisotopic (exact) mass is 364 g/mol. The lowest BCUT2D eigenvalue weighted by Crippen LogP contribution is -2.48. The number of amides is 1. The Hall–Kier alpha value is -0.820. The summed E-state index contributed by atoms with van der Waals surface area (Å²) in [5.74, 6) is -0.205. The van der Waals surface area contributed by atoms with E-state index < -0.39 is 16.1 Å². The number of likely N-dealkylation sites (tertiary alicyclic amines) is 1. The molecule has 0 spiro atoms. The summed E-state index contributed by atoms with van der Waals surface area (Å²) >= 11 is 11.6. The summed E-state index contributed by atoms with van der Waals surface area (Å²) in [5, 5.41) is 0.428. The van der Waals surface area contributed by atoms with Crippen molar-refractivity contribution < 1.29 is 13.2 Å². The van der Waals surface area contributed by atoms with Gasteiger partial charge in [0.1, 0.15) is 0 Å². The maximum atomic E-state index is 12.3. The summed E-state index contributed by atoms with van der Waals surface area (Å²) in [4.78, 5) is 14.0. The number of benzene rings is 1. The van der Waals surface area contributed by atoms with Crippen LogP contribution in [0.1, 0.15) is 26.2 Å². The molecule has 1 N–H and O–H groups in total. The van der Waals surface area contributed by atoms with Gasteiger partial charge in [-0.2, -0.15) is 4.72 Å². The highest BCUT2D eigenvalue weighted by atomic mass is 35.5. The number of halogens is 2. The second kappa shape index (κ2) is 7.17. The molecule has 1 aromatic rings. The zero-order valence-corrected chi connectivity index (χ0v) is 14.5. The molecule has 1 unspecified atom stereocenters. The number of nitrogens with zero attached hydrogens (tertiary/aromatic N) is 1. The lowest BCUT2D eigenvalue weighted by atomic mass is 10.1. The van der Waals surface area contributed by atoms with Crippen LogP contribution in [0.3, 0.4) is 0 Å². The molecular weight excluding hydrogens is 347 g/mol. The summed E-state index contributed by atoms with van der Waals surface area (Å²) in [6, 6.07) is 3.21. The van der Waals surface area contributed by atoms with E-state index >= 15 is 0 Å². The summed E-state index contributed by atoms with van der Waals surface area (Å²) in [5.41, 5.74) is 0. The SMILES string of the molecule is CC(NS(=O)(=O)c1ccc(Cl)c(Cl)c1)C(=O)N1CCCCC1. The molecule has 22 heavy (non-hydrogen) atoms. The molecule has 1 fully saturated rings. The van der Waals surface area contributed by atoms with Gasteiger partial charge in [0.2, 0.25) is 15.9 Å². The number of piperidine rings is 1. The number of sulfonamides is 1. The molecule has 8 heteroatoms. The number of hydrogen-bond acceptors (Lipinski definition) is 3. The zero-order valence-electron chi connectivity index (χ0n) is 12.2. The van der Waals surface area contributed by atoms with Crippen LogP contribution in [0.2, 0.25) is 10.0 Å². The standard InChI is InChI=1S/C14H18Cl2N2O3S/c1-10(14(19)18-7-3-2-4-8-18)17-22(20,21)11-5-6-12(15)13(16)9-11/h5-6,9-10,17H,2-4,7-8H2,1H3. The van der Waals surface area contributed by atoms with E-state index in [4.69, 9.17) is 23.2 Å². The largest absolute Gasteiger partial charge is 0.341 e. The summed E-state index contributed by atoms with van der Waals surface area (Å²) in [6.07, 6.45) is 3.02. The Bertz CT molecular complexity index is 658. The molecule has 2 rings (SSSR count). The van der Waals surface area contributed by atoms with E-state index in [1.165, 1.54) is 18.2 Å². The van der Waals surface area contributed by atoms with Crippen LogP contribution in [0.5, 0.6) is 0 Å². The maximum absolute atomic E-state index is 12.3. The predicted octanol–water partition coefficient (Wildman–Crippen LogP) is 2.67. The first-order chi connectivity index (χ1) is 10.3. The quantitative estimate of drug-likeness (QED) is 0.892. The van der Waals surface area contributed by atoms with Crippen molar-refractivity contribution in [3.05, 3.63) is 28.2 Å². The van der Waals surface area contributed by atoms with Crippen LogP contribution in [0.4, 0.5) is 0 Å². The van der Waals surface area contributed by atoms with Crippen LogP contribution in [0.25, 0.3) is 0 Å². The fourth-order valence-corrected chi connectivity index (χ4v) is 3.97. The van der Waals surface area contributed by atoms with Crippen molar-refractivity contribution in [2.45, 2.75) is 37.1 Å². The van der Waals surface area contributed by atoms with E-state index in [2.05, 4.69) is 4.72 Å². The number of rotatable bonds is 4. The Morgan fingerprint density at radius 3 is 2.41 bits per heavy atom.